The Balaban J connectivity index is 1.98. The third-order valence-corrected chi connectivity index (χ3v) is 3.43. The predicted octanol–water partition coefficient (Wildman–Crippen LogP) is 3.84. The molecule has 2 rings (SSSR count). The molecule has 0 atom stereocenters. The number of hydrogen-bond acceptors (Lipinski definition) is 4. The summed E-state index contributed by atoms with van der Waals surface area (Å²) in [5, 5.41) is 2.93. The molecule has 0 unspecified atom stereocenters. The summed E-state index contributed by atoms with van der Waals surface area (Å²) in [6.07, 6.45) is 0. The first-order valence-corrected chi connectivity index (χ1v) is 7.83. The monoisotopic (exact) mass is 347 g/mol. The summed E-state index contributed by atoms with van der Waals surface area (Å²) in [6.45, 7) is 3.76. The van der Waals surface area contributed by atoms with Gasteiger partial charge in [-0.1, -0.05) is 23.7 Å². The number of aryl methyl sites for hydroxylation is 1. The van der Waals surface area contributed by atoms with Gasteiger partial charge in [0.1, 0.15) is 5.75 Å². The molecule has 2 aromatic carbocycles. The molecule has 0 radical (unpaired) electrons. The van der Waals surface area contributed by atoms with Crippen LogP contribution in [0.15, 0.2) is 42.5 Å². The van der Waals surface area contributed by atoms with Crippen LogP contribution in [0.2, 0.25) is 5.02 Å². The Hall–Kier alpha value is -2.53. The predicted molar refractivity (Wildman–Crippen MR) is 92.7 cm³/mol. The smallest absolute Gasteiger partial charge is 0.339 e. The average Bonchev–Trinajstić information content (AvgIpc) is 2.55. The second kappa shape index (κ2) is 8.36. The molecule has 1 N–H and O–H groups in total. The number of halogens is 1. The number of anilines is 1. The molecule has 2 aromatic rings. The lowest BCUT2D eigenvalue weighted by Gasteiger charge is -2.10. The molecule has 5 nitrogen and oxygen atoms in total. The van der Waals surface area contributed by atoms with Crippen LogP contribution in [0.1, 0.15) is 22.8 Å². The van der Waals surface area contributed by atoms with E-state index in [1.165, 1.54) is 12.1 Å². The molecule has 0 aliphatic carbocycles. The van der Waals surface area contributed by atoms with Crippen molar-refractivity contribution < 1.29 is 19.1 Å². The summed E-state index contributed by atoms with van der Waals surface area (Å²) in [7, 11) is 0. The van der Waals surface area contributed by atoms with Gasteiger partial charge in [0.25, 0.3) is 5.91 Å². The van der Waals surface area contributed by atoms with Gasteiger partial charge in [-0.3, -0.25) is 4.79 Å². The minimum absolute atomic E-state index is 0.138. The highest BCUT2D eigenvalue weighted by molar-refractivity contribution is 6.33. The normalized spacial score (nSPS) is 10.1. The van der Waals surface area contributed by atoms with Crippen LogP contribution in [0.5, 0.6) is 5.75 Å². The topological polar surface area (TPSA) is 64.6 Å². The van der Waals surface area contributed by atoms with Crippen LogP contribution in [-0.2, 0) is 9.53 Å². The Labute approximate surface area is 145 Å². The summed E-state index contributed by atoms with van der Waals surface area (Å²) < 4.78 is 10.4. The SMILES string of the molecule is CCOC(=O)c1cc(NC(=O)COc2cccc(C)c2)ccc1Cl. The van der Waals surface area contributed by atoms with E-state index in [-0.39, 0.29) is 29.7 Å². The van der Waals surface area contributed by atoms with E-state index >= 15 is 0 Å². The van der Waals surface area contributed by atoms with E-state index in [1.807, 2.05) is 25.1 Å². The Kier molecular flexibility index (Phi) is 6.21. The third kappa shape index (κ3) is 4.99. The average molecular weight is 348 g/mol. The highest BCUT2D eigenvalue weighted by Gasteiger charge is 2.13. The molecular formula is C18H18ClNO4. The first kappa shape index (κ1) is 17.8. The van der Waals surface area contributed by atoms with Gasteiger partial charge in [0.05, 0.1) is 17.2 Å². The van der Waals surface area contributed by atoms with Gasteiger partial charge in [0.2, 0.25) is 0 Å². The van der Waals surface area contributed by atoms with Crippen molar-refractivity contribution in [3.05, 3.63) is 58.6 Å². The number of benzene rings is 2. The Bertz CT molecular complexity index is 746. The standard InChI is InChI=1S/C18H18ClNO4/c1-3-23-18(22)15-10-13(7-8-16(15)19)20-17(21)11-24-14-6-4-5-12(2)9-14/h4-10H,3,11H2,1-2H3,(H,20,21). The second-order valence-corrected chi connectivity index (χ2v) is 5.48. The third-order valence-electron chi connectivity index (χ3n) is 3.10. The van der Waals surface area contributed by atoms with Crippen LogP contribution >= 0.6 is 11.6 Å². The number of hydrogen-bond donors (Lipinski definition) is 1. The van der Waals surface area contributed by atoms with Gasteiger partial charge in [0, 0.05) is 5.69 Å². The zero-order valence-corrected chi connectivity index (χ0v) is 14.2. The zero-order chi connectivity index (χ0) is 17.5. The molecule has 1 amide bonds. The summed E-state index contributed by atoms with van der Waals surface area (Å²) in [4.78, 5) is 23.8. The van der Waals surface area contributed by atoms with Crippen LogP contribution in [0.4, 0.5) is 5.69 Å². The molecular weight excluding hydrogens is 330 g/mol. The molecule has 0 aliphatic rings. The Morgan fingerprint density at radius 3 is 2.67 bits per heavy atom. The minimum atomic E-state index is -0.533. The first-order valence-electron chi connectivity index (χ1n) is 7.45. The number of carbonyl (C=O) groups excluding carboxylic acids is 2. The molecule has 126 valence electrons. The number of ether oxygens (including phenoxy) is 2. The van der Waals surface area contributed by atoms with Crippen LogP contribution in [0, 0.1) is 6.92 Å². The zero-order valence-electron chi connectivity index (χ0n) is 13.5. The largest absolute Gasteiger partial charge is 0.484 e. The van der Waals surface area contributed by atoms with E-state index in [2.05, 4.69) is 5.32 Å². The van der Waals surface area contributed by atoms with Crippen molar-refractivity contribution in [3.63, 3.8) is 0 Å². The van der Waals surface area contributed by atoms with Crippen LogP contribution in [0.3, 0.4) is 0 Å². The number of nitrogens with one attached hydrogen (secondary N) is 1. The van der Waals surface area contributed by atoms with E-state index in [9.17, 15) is 9.59 Å². The van der Waals surface area contributed by atoms with Gasteiger partial charge in [-0.15, -0.1) is 0 Å². The van der Waals surface area contributed by atoms with Crippen molar-refractivity contribution in [2.45, 2.75) is 13.8 Å². The fraction of sp³-hybridized carbons (Fsp3) is 0.222. The molecule has 0 heterocycles. The molecule has 0 aliphatic heterocycles. The van der Waals surface area contributed by atoms with E-state index in [0.717, 1.165) is 5.56 Å². The van der Waals surface area contributed by atoms with Gasteiger partial charge in [-0.2, -0.15) is 0 Å². The highest BCUT2D eigenvalue weighted by atomic mass is 35.5. The van der Waals surface area contributed by atoms with Crippen molar-refractivity contribution in [1.82, 2.24) is 0 Å². The second-order valence-electron chi connectivity index (χ2n) is 5.07. The molecule has 0 saturated carbocycles. The Morgan fingerprint density at radius 1 is 1.17 bits per heavy atom. The molecule has 6 heteroatoms. The lowest BCUT2D eigenvalue weighted by molar-refractivity contribution is -0.118. The molecule has 0 saturated heterocycles. The number of carbonyl (C=O) groups is 2. The molecule has 24 heavy (non-hydrogen) atoms. The van der Waals surface area contributed by atoms with Crippen molar-refractivity contribution in [2.75, 3.05) is 18.5 Å². The lowest BCUT2D eigenvalue weighted by Crippen LogP contribution is -2.20. The van der Waals surface area contributed by atoms with Gasteiger partial charge in [-0.05, 0) is 49.7 Å². The van der Waals surface area contributed by atoms with E-state index in [4.69, 9.17) is 21.1 Å². The fourth-order valence-corrected chi connectivity index (χ4v) is 2.21. The van der Waals surface area contributed by atoms with Crippen LogP contribution in [0.25, 0.3) is 0 Å². The maximum absolute atomic E-state index is 12.0. The molecule has 0 spiro atoms. The fourth-order valence-electron chi connectivity index (χ4n) is 2.02. The maximum atomic E-state index is 12.0. The van der Waals surface area contributed by atoms with Gasteiger partial charge in [-0.25, -0.2) is 4.79 Å². The van der Waals surface area contributed by atoms with Crippen molar-refractivity contribution in [2.24, 2.45) is 0 Å². The van der Waals surface area contributed by atoms with Crippen molar-refractivity contribution >= 4 is 29.2 Å². The van der Waals surface area contributed by atoms with Crippen LogP contribution in [-0.4, -0.2) is 25.1 Å². The van der Waals surface area contributed by atoms with E-state index in [1.54, 1.807) is 19.1 Å². The van der Waals surface area contributed by atoms with Crippen molar-refractivity contribution in [1.29, 1.82) is 0 Å². The Morgan fingerprint density at radius 2 is 1.96 bits per heavy atom. The maximum Gasteiger partial charge on any atom is 0.339 e. The molecule has 0 bridgehead atoms. The molecule has 0 aromatic heterocycles. The van der Waals surface area contributed by atoms with Crippen LogP contribution < -0.4 is 10.1 Å². The highest BCUT2D eigenvalue weighted by Crippen LogP contribution is 2.21. The van der Waals surface area contributed by atoms with Gasteiger partial charge in [0.15, 0.2) is 6.61 Å². The summed E-state index contributed by atoms with van der Waals surface area (Å²) in [6, 6.07) is 12.0. The number of amides is 1. The summed E-state index contributed by atoms with van der Waals surface area (Å²) in [5.41, 5.74) is 1.70. The van der Waals surface area contributed by atoms with Gasteiger partial charge < -0.3 is 14.8 Å². The lowest BCUT2D eigenvalue weighted by atomic mass is 10.2. The number of esters is 1. The van der Waals surface area contributed by atoms with Gasteiger partial charge >= 0.3 is 5.97 Å². The van der Waals surface area contributed by atoms with Crippen molar-refractivity contribution in [3.8, 4) is 5.75 Å². The van der Waals surface area contributed by atoms with E-state index in [0.29, 0.717) is 11.4 Å². The minimum Gasteiger partial charge on any atom is -0.484 e. The summed E-state index contributed by atoms with van der Waals surface area (Å²) >= 11 is 5.98. The quantitative estimate of drug-likeness (QED) is 0.806. The first-order chi connectivity index (χ1) is 11.5. The summed E-state index contributed by atoms with van der Waals surface area (Å²) in [5.74, 6) is -0.253. The van der Waals surface area contributed by atoms with E-state index < -0.39 is 5.97 Å². The number of rotatable bonds is 6. The molecule has 0 fully saturated rings.